The molecule has 9 heteroatoms. The Morgan fingerprint density at radius 2 is 1.00 bits per heavy atom. The van der Waals surface area contributed by atoms with E-state index in [2.05, 4.69) is 0 Å². The SMILES string of the molecule is CCC(C)C(CCC(=O)O)(CC(=O)O)SC(CCC(=O)O)(CC(=O)O)C(C)CC. The van der Waals surface area contributed by atoms with Gasteiger partial charge >= 0.3 is 23.9 Å². The second-order valence-electron chi connectivity index (χ2n) is 7.78. The highest BCUT2D eigenvalue weighted by Crippen LogP contribution is 2.54. The fourth-order valence-electron chi connectivity index (χ4n) is 3.69. The van der Waals surface area contributed by atoms with Crippen LogP contribution in [0.25, 0.3) is 0 Å². The van der Waals surface area contributed by atoms with Crippen molar-refractivity contribution in [1.82, 2.24) is 0 Å². The van der Waals surface area contributed by atoms with Crippen LogP contribution >= 0.6 is 11.8 Å². The Bertz CT molecular complexity index is 543. The van der Waals surface area contributed by atoms with Gasteiger partial charge in [0.05, 0.1) is 12.8 Å². The number of rotatable bonds is 16. The van der Waals surface area contributed by atoms with E-state index in [0.717, 1.165) is 0 Å². The van der Waals surface area contributed by atoms with Gasteiger partial charge in [-0.05, 0) is 24.7 Å². The standard InChI is InChI=1S/C20H34O8S/c1-5-13(3)19(11-17(25)26,9-7-15(21)22)29-20(12-18(27)28,14(4)6-2)10-8-16(23)24/h13-14H,5-12H2,1-4H3,(H,21,22)(H,23,24)(H,25,26)(H,27,28). The lowest BCUT2D eigenvalue weighted by Crippen LogP contribution is -2.46. The number of carbonyl (C=O) groups is 4. The van der Waals surface area contributed by atoms with Gasteiger partial charge in [0.15, 0.2) is 0 Å². The van der Waals surface area contributed by atoms with Crippen LogP contribution in [-0.2, 0) is 19.2 Å². The molecule has 0 aromatic heterocycles. The molecule has 8 nitrogen and oxygen atoms in total. The molecule has 4 unspecified atom stereocenters. The van der Waals surface area contributed by atoms with Gasteiger partial charge < -0.3 is 20.4 Å². The minimum absolute atomic E-state index is 0.0686. The Labute approximate surface area is 176 Å². The van der Waals surface area contributed by atoms with Gasteiger partial charge in [0, 0.05) is 22.3 Å². The topological polar surface area (TPSA) is 149 Å². The molecule has 0 saturated carbocycles. The van der Waals surface area contributed by atoms with Gasteiger partial charge in [0.1, 0.15) is 0 Å². The highest BCUT2D eigenvalue weighted by molar-refractivity contribution is 8.02. The molecule has 0 rings (SSSR count). The molecule has 4 N–H and O–H groups in total. The lowest BCUT2D eigenvalue weighted by molar-refractivity contribution is -0.140. The van der Waals surface area contributed by atoms with Crippen molar-refractivity contribution >= 4 is 35.6 Å². The molecular formula is C20H34O8S. The highest BCUT2D eigenvalue weighted by Gasteiger charge is 2.49. The minimum atomic E-state index is -1.09. The maximum Gasteiger partial charge on any atom is 0.304 e. The molecular weight excluding hydrogens is 400 g/mol. The lowest BCUT2D eigenvalue weighted by Gasteiger charge is -2.48. The van der Waals surface area contributed by atoms with Crippen molar-refractivity contribution in [1.29, 1.82) is 0 Å². The Balaban J connectivity index is 6.45. The fraction of sp³-hybridized carbons (Fsp3) is 0.800. The lowest BCUT2D eigenvalue weighted by atomic mass is 9.83. The van der Waals surface area contributed by atoms with Crippen molar-refractivity contribution in [3.8, 4) is 0 Å². The summed E-state index contributed by atoms with van der Waals surface area (Å²) in [5, 5.41) is 37.6. The zero-order chi connectivity index (χ0) is 22.8. The quantitative estimate of drug-likeness (QED) is 0.283. The van der Waals surface area contributed by atoms with E-state index in [1.807, 2.05) is 27.7 Å². The molecule has 0 fully saturated rings. The smallest absolute Gasteiger partial charge is 0.304 e. The molecule has 168 valence electrons. The van der Waals surface area contributed by atoms with Gasteiger partial charge in [0.2, 0.25) is 0 Å². The normalized spacial score (nSPS) is 17.5. The maximum absolute atomic E-state index is 11.7. The molecule has 0 aromatic rings. The third-order valence-electron chi connectivity index (χ3n) is 5.85. The van der Waals surface area contributed by atoms with Crippen molar-refractivity contribution < 1.29 is 39.6 Å². The summed E-state index contributed by atoms with van der Waals surface area (Å²) in [5.41, 5.74) is 0. The molecule has 0 heterocycles. The molecule has 0 aliphatic heterocycles. The molecule has 0 spiro atoms. The average molecular weight is 435 g/mol. The van der Waals surface area contributed by atoms with Crippen LogP contribution in [0, 0.1) is 11.8 Å². The predicted molar refractivity (Wildman–Crippen MR) is 110 cm³/mol. The van der Waals surface area contributed by atoms with Gasteiger partial charge in [0.25, 0.3) is 0 Å². The Kier molecular flexibility index (Phi) is 11.3. The molecule has 29 heavy (non-hydrogen) atoms. The van der Waals surface area contributed by atoms with Crippen LogP contribution in [0.15, 0.2) is 0 Å². The van der Waals surface area contributed by atoms with Gasteiger partial charge in [-0.1, -0.05) is 40.5 Å². The number of carboxylic acids is 4. The van der Waals surface area contributed by atoms with Gasteiger partial charge in [-0.15, -0.1) is 11.8 Å². The molecule has 0 saturated heterocycles. The van der Waals surface area contributed by atoms with Crippen LogP contribution in [-0.4, -0.2) is 53.8 Å². The molecule has 0 bridgehead atoms. The van der Waals surface area contributed by atoms with Crippen LogP contribution in [0.1, 0.15) is 79.1 Å². The third kappa shape index (κ3) is 8.64. The Morgan fingerprint density at radius 3 is 1.21 bits per heavy atom. The number of aliphatic carboxylic acids is 4. The summed E-state index contributed by atoms with van der Waals surface area (Å²) in [7, 11) is 0. The monoisotopic (exact) mass is 434 g/mol. The molecule has 0 aromatic carbocycles. The molecule has 0 aliphatic rings. The van der Waals surface area contributed by atoms with Crippen molar-refractivity contribution in [2.24, 2.45) is 11.8 Å². The van der Waals surface area contributed by atoms with Crippen LogP contribution in [0.5, 0.6) is 0 Å². The summed E-state index contributed by atoms with van der Waals surface area (Å²) >= 11 is 1.20. The van der Waals surface area contributed by atoms with E-state index in [1.165, 1.54) is 11.8 Å². The molecule has 0 aliphatic carbocycles. The predicted octanol–water partition coefficient (Wildman–Crippen LogP) is 3.97. The van der Waals surface area contributed by atoms with Gasteiger partial charge in [-0.2, -0.15) is 0 Å². The van der Waals surface area contributed by atoms with Crippen molar-refractivity contribution in [2.75, 3.05) is 0 Å². The van der Waals surface area contributed by atoms with Crippen molar-refractivity contribution in [3.63, 3.8) is 0 Å². The van der Waals surface area contributed by atoms with Crippen molar-refractivity contribution in [3.05, 3.63) is 0 Å². The first kappa shape index (κ1) is 27.2. The average Bonchev–Trinajstić information content (AvgIpc) is 2.61. The summed E-state index contributed by atoms with van der Waals surface area (Å²) in [6.45, 7) is 7.44. The number of hydrogen-bond acceptors (Lipinski definition) is 5. The summed E-state index contributed by atoms with van der Waals surface area (Å²) in [4.78, 5) is 46.0. The van der Waals surface area contributed by atoms with Crippen LogP contribution in [0.4, 0.5) is 0 Å². The van der Waals surface area contributed by atoms with E-state index < -0.39 is 33.4 Å². The Morgan fingerprint density at radius 1 is 0.690 bits per heavy atom. The molecule has 0 radical (unpaired) electrons. The van der Waals surface area contributed by atoms with E-state index in [4.69, 9.17) is 0 Å². The zero-order valence-corrected chi connectivity index (χ0v) is 18.5. The van der Waals surface area contributed by atoms with E-state index in [1.54, 1.807) is 0 Å². The van der Waals surface area contributed by atoms with E-state index >= 15 is 0 Å². The van der Waals surface area contributed by atoms with E-state index in [-0.39, 0.29) is 50.4 Å². The fourth-order valence-corrected chi connectivity index (χ4v) is 6.04. The number of thioether (sulfide) groups is 1. The number of carboxylic acid groups (broad SMARTS) is 4. The van der Waals surface area contributed by atoms with Crippen molar-refractivity contribution in [2.45, 2.75) is 88.6 Å². The summed E-state index contributed by atoms with van der Waals surface area (Å²) in [6.07, 6.45) is 0.194. The minimum Gasteiger partial charge on any atom is -0.481 e. The first-order valence-electron chi connectivity index (χ1n) is 9.91. The van der Waals surface area contributed by atoms with Crippen LogP contribution < -0.4 is 0 Å². The largest absolute Gasteiger partial charge is 0.481 e. The molecule has 4 atom stereocenters. The van der Waals surface area contributed by atoms with E-state index in [9.17, 15) is 39.6 Å². The summed E-state index contributed by atoms with van der Waals surface area (Å²) < 4.78 is -2.04. The first-order chi connectivity index (χ1) is 13.3. The first-order valence-corrected chi connectivity index (χ1v) is 10.7. The highest BCUT2D eigenvalue weighted by atomic mass is 32.2. The second kappa shape index (κ2) is 12.0. The van der Waals surface area contributed by atoms with Gasteiger partial charge in [-0.3, -0.25) is 19.2 Å². The zero-order valence-electron chi connectivity index (χ0n) is 17.6. The summed E-state index contributed by atoms with van der Waals surface area (Å²) in [5.74, 6) is -4.69. The van der Waals surface area contributed by atoms with Gasteiger partial charge in [-0.25, -0.2) is 0 Å². The van der Waals surface area contributed by atoms with Crippen LogP contribution in [0.3, 0.4) is 0 Å². The summed E-state index contributed by atoms with van der Waals surface area (Å²) in [6, 6.07) is 0. The Hall–Kier alpha value is -1.77. The third-order valence-corrected chi connectivity index (χ3v) is 8.17. The maximum atomic E-state index is 11.7. The second-order valence-corrected chi connectivity index (χ2v) is 9.61. The van der Waals surface area contributed by atoms with Crippen LogP contribution in [0.2, 0.25) is 0 Å². The number of hydrogen-bond donors (Lipinski definition) is 4. The molecule has 0 amide bonds. The van der Waals surface area contributed by atoms with E-state index in [0.29, 0.717) is 12.8 Å².